The first-order valence-electron chi connectivity index (χ1n) is 3.42. The smallest absolute Gasteiger partial charge is 0.0739 e. The number of hydrazine groups is 1. The van der Waals surface area contributed by atoms with Crippen molar-refractivity contribution in [2.24, 2.45) is 5.84 Å². The number of hydrogen-bond donors (Lipinski definition) is 2. The van der Waals surface area contributed by atoms with Crippen molar-refractivity contribution in [3.8, 4) is 0 Å². The fourth-order valence-electron chi connectivity index (χ4n) is 1.10. The topological polar surface area (TPSA) is 47.3 Å². The van der Waals surface area contributed by atoms with Crippen molar-refractivity contribution in [2.75, 3.05) is 6.61 Å². The van der Waals surface area contributed by atoms with Crippen molar-refractivity contribution < 1.29 is 4.74 Å². The van der Waals surface area contributed by atoms with Crippen molar-refractivity contribution in [3.05, 3.63) is 0 Å². The lowest BCUT2D eigenvalue weighted by molar-refractivity contribution is 0.0839. The molecule has 54 valence electrons. The second-order valence-electron chi connectivity index (χ2n) is 2.51. The van der Waals surface area contributed by atoms with Gasteiger partial charge in [0, 0.05) is 12.6 Å². The first-order chi connectivity index (χ1) is 4.34. The Labute approximate surface area is 55.5 Å². The molecule has 3 heteroatoms. The fraction of sp³-hybridized carbons (Fsp3) is 1.00. The van der Waals surface area contributed by atoms with Gasteiger partial charge in [-0.3, -0.25) is 11.3 Å². The van der Waals surface area contributed by atoms with Crippen LogP contribution in [0.25, 0.3) is 0 Å². The molecule has 1 saturated heterocycles. The lowest BCUT2D eigenvalue weighted by Crippen LogP contribution is -2.41. The molecule has 3 nitrogen and oxygen atoms in total. The Bertz CT molecular complexity index is 81.1. The van der Waals surface area contributed by atoms with E-state index in [1.54, 1.807) is 0 Å². The van der Waals surface area contributed by atoms with Gasteiger partial charge in [-0.15, -0.1) is 0 Å². The third-order valence-electron chi connectivity index (χ3n) is 1.79. The Hall–Kier alpha value is -0.120. The predicted octanol–water partition coefficient (Wildman–Crippen LogP) is 0.0172. The summed E-state index contributed by atoms with van der Waals surface area (Å²) in [4.78, 5) is 0. The van der Waals surface area contributed by atoms with Gasteiger partial charge < -0.3 is 4.74 Å². The predicted molar refractivity (Wildman–Crippen MR) is 35.8 cm³/mol. The van der Waals surface area contributed by atoms with Gasteiger partial charge in [0.05, 0.1) is 6.10 Å². The van der Waals surface area contributed by atoms with Gasteiger partial charge in [0.15, 0.2) is 0 Å². The number of nitrogens with two attached hydrogens (primary N) is 1. The van der Waals surface area contributed by atoms with Crippen LogP contribution >= 0.6 is 0 Å². The summed E-state index contributed by atoms with van der Waals surface area (Å²) in [6.07, 6.45) is 2.66. The van der Waals surface area contributed by atoms with E-state index in [1.807, 2.05) is 6.92 Å². The molecule has 0 bridgehead atoms. The van der Waals surface area contributed by atoms with Crippen LogP contribution in [0.2, 0.25) is 0 Å². The first kappa shape index (κ1) is 6.99. The quantitative estimate of drug-likeness (QED) is 0.409. The molecule has 0 aromatic rings. The van der Waals surface area contributed by atoms with Crippen LogP contribution in [-0.4, -0.2) is 18.8 Å². The van der Waals surface area contributed by atoms with Crippen LogP contribution in [0.1, 0.15) is 19.8 Å². The van der Waals surface area contributed by atoms with E-state index in [4.69, 9.17) is 10.6 Å². The molecule has 1 rings (SSSR count). The van der Waals surface area contributed by atoms with E-state index in [0.717, 1.165) is 13.0 Å². The molecule has 1 fully saturated rings. The Morgan fingerprint density at radius 1 is 1.78 bits per heavy atom. The summed E-state index contributed by atoms with van der Waals surface area (Å²) in [5.74, 6) is 5.22. The SMILES string of the molecule is CC(NN)C1CCCO1. The van der Waals surface area contributed by atoms with Crippen molar-refractivity contribution in [1.82, 2.24) is 5.43 Å². The number of hydrogen-bond acceptors (Lipinski definition) is 3. The minimum Gasteiger partial charge on any atom is -0.377 e. The molecule has 1 aliphatic heterocycles. The third kappa shape index (κ3) is 1.64. The van der Waals surface area contributed by atoms with E-state index in [1.165, 1.54) is 6.42 Å². The van der Waals surface area contributed by atoms with Crippen LogP contribution in [0.3, 0.4) is 0 Å². The van der Waals surface area contributed by atoms with Crippen LogP contribution in [-0.2, 0) is 4.74 Å². The van der Waals surface area contributed by atoms with Gasteiger partial charge in [0.25, 0.3) is 0 Å². The monoisotopic (exact) mass is 130 g/mol. The maximum atomic E-state index is 5.36. The van der Waals surface area contributed by atoms with Crippen LogP contribution < -0.4 is 11.3 Å². The highest BCUT2D eigenvalue weighted by atomic mass is 16.5. The van der Waals surface area contributed by atoms with Crippen molar-refractivity contribution in [1.29, 1.82) is 0 Å². The van der Waals surface area contributed by atoms with E-state index < -0.39 is 0 Å². The highest BCUT2D eigenvalue weighted by Gasteiger charge is 2.20. The van der Waals surface area contributed by atoms with Gasteiger partial charge in [-0.2, -0.15) is 0 Å². The Balaban J connectivity index is 2.24. The molecular formula is C6H14N2O. The summed E-state index contributed by atoms with van der Waals surface area (Å²) in [6, 6.07) is 0.299. The highest BCUT2D eigenvalue weighted by molar-refractivity contribution is 4.74. The average molecular weight is 130 g/mol. The summed E-state index contributed by atoms with van der Waals surface area (Å²) < 4.78 is 5.36. The van der Waals surface area contributed by atoms with Crippen LogP contribution in [0, 0.1) is 0 Å². The summed E-state index contributed by atoms with van der Waals surface area (Å²) >= 11 is 0. The second-order valence-corrected chi connectivity index (χ2v) is 2.51. The molecule has 3 N–H and O–H groups in total. The lowest BCUT2D eigenvalue weighted by atomic mass is 10.1. The minimum absolute atomic E-state index is 0.299. The summed E-state index contributed by atoms with van der Waals surface area (Å²) in [6.45, 7) is 2.94. The Morgan fingerprint density at radius 2 is 2.56 bits per heavy atom. The normalized spacial score (nSPS) is 30.7. The number of rotatable bonds is 2. The second kappa shape index (κ2) is 3.15. The zero-order chi connectivity index (χ0) is 6.69. The summed E-state index contributed by atoms with van der Waals surface area (Å²) in [5, 5.41) is 0. The molecule has 1 aliphatic rings. The molecule has 0 aromatic heterocycles. The molecule has 0 aromatic carbocycles. The van der Waals surface area contributed by atoms with Crippen LogP contribution in [0.4, 0.5) is 0 Å². The highest BCUT2D eigenvalue weighted by Crippen LogP contribution is 2.14. The maximum absolute atomic E-state index is 5.36. The van der Waals surface area contributed by atoms with Crippen LogP contribution in [0.5, 0.6) is 0 Å². The molecule has 2 atom stereocenters. The van der Waals surface area contributed by atoms with Gasteiger partial charge >= 0.3 is 0 Å². The van der Waals surface area contributed by atoms with Crippen LogP contribution in [0.15, 0.2) is 0 Å². The molecule has 0 spiro atoms. The zero-order valence-electron chi connectivity index (χ0n) is 5.76. The molecule has 0 radical (unpaired) electrons. The lowest BCUT2D eigenvalue weighted by Gasteiger charge is -2.16. The van der Waals surface area contributed by atoms with Crippen molar-refractivity contribution in [3.63, 3.8) is 0 Å². The maximum Gasteiger partial charge on any atom is 0.0739 e. The van der Waals surface area contributed by atoms with E-state index >= 15 is 0 Å². The first-order valence-corrected chi connectivity index (χ1v) is 3.42. The van der Waals surface area contributed by atoms with Gasteiger partial charge in [-0.1, -0.05) is 0 Å². The number of nitrogens with one attached hydrogen (secondary N) is 1. The van der Waals surface area contributed by atoms with E-state index in [0.29, 0.717) is 12.1 Å². The Morgan fingerprint density at radius 3 is 3.00 bits per heavy atom. The molecule has 0 saturated carbocycles. The molecule has 9 heavy (non-hydrogen) atoms. The van der Waals surface area contributed by atoms with Crippen molar-refractivity contribution in [2.45, 2.75) is 31.9 Å². The largest absolute Gasteiger partial charge is 0.377 e. The van der Waals surface area contributed by atoms with Gasteiger partial charge in [-0.05, 0) is 19.8 Å². The van der Waals surface area contributed by atoms with Gasteiger partial charge in [0.1, 0.15) is 0 Å². The molecule has 0 aliphatic carbocycles. The molecule has 0 amide bonds. The average Bonchev–Trinajstić information content (AvgIpc) is 2.37. The minimum atomic E-state index is 0.299. The standard InChI is InChI=1S/C6H14N2O/c1-5(8-7)6-3-2-4-9-6/h5-6,8H,2-4,7H2,1H3. The van der Waals surface area contributed by atoms with Crippen molar-refractivity contribution >= 4 is 0 Å². The molecule has 1 heterocycles. The van der Waals surface area contributed by atoms with Gasteiger partial charge in [-0.25, -0.2) is 0 Å². The Kier molecular flexibility index (Phi) is 2.45. The van der Waals surface area contributed by atoms with Gasteiger partial charge in [0.2, 0.25) is 0 Å². The van der Waals surface area contributed by atoms with E-state index in [9.17, 15) is 0 Å². The zero-order valence-corrected chi connectivity index (χ0v) is 5.76. The molecule has 2 unspecified atom stereocenters. The van der Waals surface area contributed by atoms with E-state index in [-0.39, 0.29) is 0 Å². The summed E-state index contributed by atoms with van der Waals surface area (Å²) in [7, 11) is 0. The molecular weight excluding hydrogens is 116 g/mol. The summed E-state index contributed by atoms with van der Waals surface area (Å²) in [5.41, 5.74) is 2.68. The van der Waals surface area contributed by atoms with E-state index in [2.05, 4.69) is 5.43 Å². The third-order valence-corrected chi connectivity index (χ3v) is 1.79. The number of ether oxygens (including phenoxy) is 1. The fourth-order valence-corrected chi connectivity index (χ4v) is 1.10.